The Morgan fingerprint density at radius 3 is 2.19 bits per heavy atom. The molecule has 0 saturated heterocycles. The Bertz CT molecular complexity index is 1020. The summed E-state index contributed by atoms with van der Waals surface area (Å²) in [6.45, 7) is -0.219. The molecule has 0 heterocycles. The van der Waals surface area contributed by atoms with Crippen LogP contribution >= 0.6 is 0 Å². The summed E-state index contributed by atoms with van der Waals surface area (Å²) in [4.78, 5) is 24.5. The van der Waals surface area contributed by atoms with Gasteiger partial charge in [-0.3, -0.25) is 9.59 Å². The maximum absolute atomic E-state index is 12.3. The molecular formula is C22H25N3O6. The molecule has 3 rings (SSSR count). The molecule has 2 N–H and O–H groups in total. The van der Waals surface area contributed by atoms with Gasteiger partial charge in [-0.1, -0.05) is 0 Å². The minimum Gasteiger partial charge on any atom is -0.493 e. The van der Waals surface area contributed by atoms with Gasteiger partial charge in [0.05, 0.1) is 40.7 Å². The Morgan fingerprint density at radius 1 is 0.871 bits per heavy atom. The van der Waals surface area contributed by atoms with Gasteiger partial charge in [-0.05, 0) is 48.7 Å². The van der Waals surface area contributed by atoms with Gasteiger partial charge in [0, 0.05) is 11.1 Å². The number of hydrazone groups is 1. The highest BCUT2D eigenvalue weighted by molar-refractivity contribution is 6.05. The average Bonchev–Trinajstić information content (AvgIpc) is 3.21. The van der Waals surface area contributed by atoms with Crippen LogP contribution in [0, 0.1) is 0 Å². The van der Waals surface area contributed by atoms with E-state index in [4.69, 9.17) is 18.9 Å². The number of hydrogen-bond donors (Lipinski definition) is 2. The third kappa shape index (κ3) is 4.88. The lowest BCUT2D eigenvalue weighted by Gasteiger charge is -2.10. The summed E-state index contributed by atoms with van der Waals surface area (Å²) in [5, 5.41) is 6.79. The topological polar surface area (TPSA) is 107 Å². The fraction of sp³-hybridized carbons (Fsp3) is 0.318. The highest BCUT2D eigenvalue weighted by atomic mass is 16.5. The van der Waals surface area contributed by atoms with E-state index < -0.39 is 11.8 Å². The first-order valence-corrected chi connectivity index (χ1v) is 9.61. The number of aryl methyl sites for hydroxylation is 1. The lowest BCUT2D eigenvalue weighted by molar-refractivity contribution is -0.120. The molecular weight excluding hydrogens is 402 g/mol. The number of methoxy groups -OCH3 is 4. The number of fused-ring (bicyclic) bond motifs is 1. The van der Waals surface area contributed by atoms with Crippen molar-refractivity contribution in [3.63, 3.8) is 0 Å². The second kappa shape index (κ2) is 9.84. The summed E-state index contributed by atoms with van der Waals surface area (Å²) >= 11 is 0. The molecule has 0 saturated carbocycles. The van der Waals surface area contributed by atoms with Gasteiger partial charge in [0.2, 0.25) is 0 Å². The van der Waals surface area contributed by atoms with E-state index >= 15 is 0 Å². The maximum atomic E-state index is 12.3. The lowest BCUT2D eigenvalue weighted by atomic mass is 10.1. The van der Waals surface area contributed by atoms with E-state index in [2.05, 4.69) is 15.8 Å². The highest BCUT2D eigenvalue weighted by Crippen LogP contribution is 2.35. The van der Waals surface area contributed by atoms with Crippen molar-refractivity contribution >= 4 is 17.5 Å². The average molecular weight is 427 g/mol. The highest BCUT2D eigenvalue weighted by Gasteiger charge is 2.22. The number of amides is 2. The zero-order valence-electron chi connectivity index (χ0n) is 17.9. The van der Waals surface area contributed by atoms with Crippen LogP contribution < -0.4 is 29.7 Å². The van der Waals surface area contributed by atoms with Crippen LogP contribution in [0.2, 0.25) is 0 Å². The number of carbonyl (C=O) groups excluding carboxylic acids is 2. The van der Waals surface area contributed by atoms with Gasteiger partial charge >= 0.3 is 0 Å². The number of carbonyl (C=O) groups is 2. The van der Waals surface area contributed by atoms with Crippen molar-refractivity contribution in [1.29, 1.82) is 0 Å². The van der Waals surface area contributed by atoms with Crippen molar-refractivity contribution in [2.45, 2.75) is 12.8 Å². The van der Waals surface area contributed by atoms with Crippen molar-refractivity contribution in [3.05, 3.63) is 47.0 Å². The quantitative estimate of drug-likeness (QED) is 0.624. The van der Waals surface area contributed by atoms with Gasteiger partial charge < -0.3 is 24.3 Å². The smallest absolute Gasteiger partial charge is 0.259 e. The summed E-state index contributed by atoms with van der Waals surface area (Å²) in [6, 6.07) is 8.53. The summed E-state index contributed by atoms with van der Waals surface area (Å²) in [6.07, 6.45) is 1.48. The first kappa shape index (κ1) is 21.9. The number of nitrogens with one attached hydrogen (secondary N) is 2. The van der Waals surface area contributed by atoms with Crippen molar-refractivity contribution < 1.29 is 28.5 Å². The van der Waals surface area contributed by atoms with Crippen LogP contribution in [0.5, 0.6) is 23.0 Å². The van der Waals surface area contributed by atoms with E-state index in [1.54, 1.807) is 32.4 Å². The fourth-order valence-corrected chi connectivity index (χ4v) is 3.31. The number of ether oxygens (including phenoxy) is 4. The first-order valence-electron chi connectivity index (χ1n) is 9.61. The molecule has 1 aliphatic rings. The molecule has 31 heavy (non-hydrogen) atoms. The molecule has 2 aromatic carbocycles. The zero-order chi connectivity index (χ0) is 22.4. The largest absolute Gasteiger partial charge is 0.493 e. The SMILES string of the molecule is COc1ccc(C(=O)NCC(=O)N/N=C2\CCc3cc(OC)c(OC)cc32)cc1OC. The molecule has 2 amide bonds. The van der Waals surface area contributed by atoms with Crippen LogP contribution in [0.25, 0.3) is 0 Å². The van der Waals surface area contributed by atoms with E-state index in [0.29, 0.717) is 35.0 Å². The molecule has 0 bridgehead atoms. The van der Waals surface area contributed by atoms with Crippen LogP contribution in [-0.4, -0.2) is 52.5 Å². The lowest BCUT2D eigenvalue weighted by Crippen LogP contribution is -2.35. The van der Waals surface area contributed by atoms with Gasteiger partial charge in [0.1, 0.15) is 0 Å². The molecule has 0 atom stereocenters. The van der Waals surface area contributed by atoms with Gasteiger partial charge in [0.25, 0.3) is 11.8 Å². The van der Waals surface area contributed by atoms with Crippen LogP contribution in [0.15, 0.2) is 35.4 Å². The Hall–Kier alpha value is -3.75. The summed E-state index contributed by atoms with van der Waals surface area (Å²) in [7, 11) is 6.15. The van der Waals surface area contributed by atoms with Crippen LogP contribution in [0.1, 0.15) is 27.9 Å². The van der Waals surface area contributed by atoms with Crippen LogP contribution in [0.3, 0.4) is 0 Å². The molecule has 0 aliphatic heterocycles. The maximum Gasteiger partial charge on any atom is 0.259 e. The predicted octanol–water partition coefficient (Wildman–Crippen LogP) is 1.92. The predicted molar refractivity (Wildman–Crippen MR) is 114 cm³/mol. The van der Waals surface area contributed by atoms with Crippen LogP contribution in [-0.2, 0) is 11.2 Å². The summed E-state index contributed by atoms with van der Waals surface area (Å²) in [5.41, 5.74) is 5.58. The van der Waals surface area contributed by atoms with E-state index in [9.17, 15) is 9.59 Å². The van der Waals surface area contributed by atoms with E-state index in [0.717, 1.165) is 23.3 Å². The second-order valence-corrected chi connectivity index (χ2v) is 6.71. The Labute approximate surface area is 180 Å². The second-order valence-electron chi connectivity index (χ2n) is 6.71. The summed E-state index contributed by atoms with van der Waals surface area (Å²) < 4.78 is 21.0. The molecule has 0 fully saturated rings. The van der Waals surface area contributed by atoms with Gasteiger partial charge in [0.15, 0.2) is 23.0 Å². The fourth-order valence-electron chi connectivity index (χ4n) is 3.31. The normalized spacial score (nSPS) is 13.4. The molecule has 0 radical (unpaired) electrons. The zero-order valence-corrected chi connectivity index (χ0v) is 17.9. The minimum absolute atomic E-state index is 0.219. The summed E-state index contributed by atoms with van der Waals surface area (Å²) in [5.74, 6) is 1.35. The Morgan fingerprint density at radius 2 is 1.52 bits per heavy atom. The van der Waals surface area contributed by atoms with Crippen LogP contribution in [0.4, 0.5) is 0 Å². The van der Waals surface area contributed by atoms with E-state index in [1.165, 1.54) is 14.2 Å². The third-order valence-corrected chi connectivity index (χ3v) is 4.92. The number of hydrogen-bond acceptors (Lipinski definition) is 7. The molecule has 2 aromatic rings. The van der Waals surface area contributed by atoms with Crippen molar-refractivity contribution in [2.75, 3.05) is 35.0 Å². The monoisotopic (exact) mass is 427 g/mol. The Kier molecular flexibility index (Phi) is 6.96. The van der Waals surface area contributed by atoms with E-state index in [-0.39, 0.29) is 6.54 Å². The minimum atomic E-state index is -0.435. The molecule has 1 aliphatic carbocycles. The van der Waals surface area contributed by atoms with Gasteiger partial charge in [-0.25, -0.2) is 5.43 Å². The van der Waals surface area contributed by atoms with Crippen molar-refractivity contribution in [3.8, 4) is 23.0 Å². The van der Waals surface area contributed by atoms with E-state index in [1.807, 2.05) is 12.1 Å². The van der Waals surface area contributed by atoms with Gasteiger partial charge in [-0.15, -0.1) is 0 Å². The number of nitrogens with zero attached hydrogens (tertiary/aromatic N) is 1. The number of benzene rings is 2. The molecule has 0 unspecified atom stereocenters. The Balaban J connectivity index is 1.60. The third-order valence-electron chi connectivity index (χ3n) is 4.92. The molecule has 164 valence electrons. The first-order chi connectivity index (χ1) is 15.0. The standard InChI is InChI=1S/C22H25N3O6/c1-28-17-8-6-14(10-18(17)29-2)22(27)23-12-21(26)25-24-16-7-5-13-9-19(30-3)20(31-4)11-15(13)16/h6,8-11H,5,7,12H2,1-4H3,(H,23,27)(H,25,26)/b24-16+. The van der Waals surface area contributed by atoms with Crippen molar-refractivity contribution in [2.24, 2.45) is 5.10 Å². The molecule has 0 aromatic heterocycles. The molecule has 9 heteroatoms. The number of rotatable bonds is 8. The molecule has 0 spiro atoms. The van der Waals surface area contributed by atoms with Crippen molar-refractivity contribution in [1.82, 2.24) is 10.7 Å². The molecule has 9 nitrogen and oxygen atoms in total. The van der Waals surface area contributed by atoms with Gasteiger partial charge in [-0.2, -0.15) is 5.10 Å².